The van der Waals surface area contributed by atoms with Crippen molar-refractivity contribution in [2.75, 3.05) is 12.4 Å². The van der Waals surface area contributed by atoms with E-state index in [1.54, 1.807) is 18.2 Å². The lowest BCUT2D eigenvalue weighted by Crippen LogP contribution is -2.30. The summed E-state index contributed by atoms with van der Waals surface area (Å²) in [5, 5.41) is 13.3. The number of methoxy groups -OCH3 is 1. The van der Waals surface area contributed by atoms with Gasteiger partial charge in [-0.15, -0.1) is 0 Å². The van der Waals surface area contributed by atoms with Crippen LogP contribution in [0.4, 0.5) is 11.4 Å². The minimum Gasteiger partial charge on any atom is -0.497 e. The fraction of sp³-hybridized carbons (Fsp3) is 0.176. The molecule has 8 nitrogen and oxygen atoms in total. The van der Waals surface area contributed by atoms with E-state index in [-0.39, 0.29) is 16.9 Å². The summed E-state index contributed by atoms with van der Waals surface area (Å²) in [6.45, 7) is 1.38. The molecule has 0 unspecified atom stereocenters. The Balaban J connectivity index is 2.02. The van der Waals surface area contributed by atoms with Crippen molar-refractivity contribution in [2.24, 2.45) is 0 Å². The summed E-state index contributed by atoms with van der Waals surface area (Å²) in [4.78, 5) is 34.5. The average molecular weight is 344 g/mol. The number of ether oxygens (including phenoxy) is 2. The molecule has 0 bridgehead atoms. The molecule has 8 heteroatoms. The second kappa shape index (κ2) is 7.91. The third-order valence-electron chi connectivity index (χ3n) is 3.34. The summed E-state index contributed by atoms with van der Waals surface area (Å²) >= 11 is 0. The Bertz CT molecular complexity index is 788. The van der Waals surface area contributed by atoms with Gasteiger partial charge in [-0.2, -0.15) is 0 Å². The van der Waals surface area contributed by atoms with Crippen LogP contribution in [0.3, 0.4) is 0 Å². The first-order valence-corrected chi connectivity index (χ1v) is 7.31. The number of nitro groups is 1. The first-order chi connectivity index (χ1) is 11.9. The molecule has 0 aliphatic heterocycles. The molecule has 0 fully saturated rings. The normalized spacial score (nSPS) is 11.3. The van der Waals surface area contributed by atoms with E-state index in [1.165, 1.54) is 44.4 Å². The molecular formula is C17H16N2O6. The molecule has 0 saturated carbocycles. The van der Waals surface area contributed by atoms with Crippen LogP contribution < -0.4 is 10.1 Å². The van der Waals surface area contributed by atoms with Crippen molar-refractivity contribution in [3.8, 4) is 5.75 Å². The number of amides is 1. The molecule has 0 aromatic heterocycles. The van der Waals surface area contributed by atoms with E-state index >= 15 is 0 Å². The predicted octanol–water partition coefficient (Wildman–Crippen LogP) is 2.79. The van der Waals surface area contributed by atoms with E-state index in [0.29, 0.717) is 5.75 Å². The number of hydrogen-bond acceptors (Lipinski definition) is 6. The maximum Gasteiger partial charge on any atom is 0.338 e. The van der Waals surface area contributed by atoms with Crippen LogP contribution in [-0.2, 0) is 9.53 Å². The smallest absolute Gasteiger partial charge is 0.338 e. The van der Waals surface area contributed by atoms with E-state index < -0.39 is 22.9 Å². The fourth-order valence-corrected chi connectivity index (χ4v) is 1.98. The summed E-state index contributed by atoms with van der Waals surface area (Å²) in [5.41, 5.74) is 0.0421. The standard InChI is InChI=1S/C17H16N2O6/c1-11(25-17(21)12-7-9-13(24-2)10-8-12)16(20)18-14-5-3-4-6-15(14)19(22)23/h3-11H,1-2H3,(H,18,20)/t11-/m1/s1. The molecule has 0 aliphatic carbocycles. The summed E-state index contributed by atoms with van der Waals surface area (Å²) in [7, 11) is 1.50. The molecule has 0 radical (unpaired) electrons. The second-order valence-corrected chi connectivity index (χ2v) is 5.04. The number of para-hydroxylation sites is 2. The van der Waals surface area contributed by atoms with Gasteiger partial charge in [-0.05, 0) is 37.3 Å². The topological polar surface area (TPSA) is 108 Å². The Hall–Kier alpha value is -3.42. The minimum absolute atomic E-state index is 0.0323. The number of esters is 1. The van der Waals surface area contributed by atoms with Crippen molar-refractivity contribution >= 4 is 23.3 Å². The minimum atomic E-state index is -1.13. The van der Waals surface area contributed by atoms with Crippen molar-refractivity contribution in [2.45, 2.75) is 13.0 Å². The van der Waals surface area contributed by atoms with Crippen LogP contribution in [-0.4, -0.2) is 30.0 Å². The van der Waals surface area contributed by atoms with Crippen molar-refractivity contribution in [1.82, 2.24) is 0 Å². The van der Waals surface area contributed by atoms with Gasteiger partial charge >= 0.3 is 5.97 Å². The second-order valence-electron chi connectivity index (χ2n) is 5.04. The number of nitrogens with zero attached hydrogens (tertiary/aromatic N) is 1. The Morgan fingerprint density at radius 1 is 1.12 bits per heavy atom. The summed E-state index contributed by atoms with van der Waals surface area (Å²) in [6, 6.07) is 11.9. The van der Waals surface area contributed by atoms with Crippen LogP contribution >= 0.6 is 0 Å². The molecule has 0 heterocycles. The van der Waals surface area contributed by atoms with Gasteiger partial charge in [0.05, 0.1) is 17.6 Å². The first kappa shape index (κ1) is 17.9. The van der Waals surface area contributed by atoms with E-state index in [0.717, 1.165) is 0 Å². The molecule has 0 saturated heterocycles. The highest BCUT2D eigenvalue weighted by Crippen LogP contribution is 2.23. The summed E-state index contributed by atoms with van der Waals surface area (Å²) in [6.07, 6.45) is -1.13. The van der Waals surface area contributed by atoms with Gasteiger partial charge in [-0.1, -0.05) is 12.1 Å². The van der Waals surface area contributed by atoms with Crippen molar-refractivity contribution in [3.63, 3.8) is 0 Å². The number of carbonyl (C=O) groups is 2. The van der Waals surface area contributed by atoms with Crippen molar-refractivity contribution in [3.05, 3.63) is 64.2 Å². The van der Waals surface area contributed by atoms with Gasteiger partial charge in [0.2, 0.25) is 0 Å². The zero-order chi connectivity index (χ0) is 18.4. The van der Waals surface area contributed by atoms with E-state index in [2.05, 4.69) is 5.32 Å². The van der Waals surface area contributed by atoms with Crippen LogP contribution in [0.1, 0.15) is 17.3 Å². The monoisotopic (exact) mass is 344 g/mol. The van der Waals surface area contributed by atoms with Gasteiger partial charge in [-0.3, -0.25) is 14.9 Å². The maximum atomic E-state index is 12.1. The molecular weight excluding hydrogens is 328 g/mol. The Morgan fingerprint density at radius 3 is 2.36 bits per heavy atom. The first-order valence-electron chi connectivity index (χ1n) is 7.31. The number of rotatable bonds is 6. The SMILES string of the molecule is COc1ccc(C(=O)O[C@H](C)C(=O)Nc2ccccc2[N+](=O)[O-])cc1. The van der Waals surface area contributed by atoms with Crippen LogP contribution in [0.15, 0.2) is 48.5 Å². The highest BCUT2D eigenvalue weighted by atomic mass is 16.6. The van der Waals surface area contributed by atoms with E-state index in [9.17, 15) is 19.7 Å². The molecule has 2 aromatic carbocycles. The zero-order valence-corrected chi connectivity index (χ0v) is 13.6. The fourth-order valence-electron chi connectivity index (χ4n) is 1.98. The van der Waals surface area contributed by atoms with Gasteiger partial charge in [0.15, 0.2) is 6.10 Å². The van der Waals surface area contributed by atoms with Gasteiger partial charge in [0.25, 0.3) is 11.6 Å². The number of benzene rings is 2. The molecule has 0 aliphatic rings. The number of anilines is 1. The van der Waals surface area contributed by atoms with Crippen LogP contribution in [0, 0.1) is 10.1 Å². The highest BCUT2D eigenvalue weighted by Gasteiger charge is 2.22. The van der Waals surface area contributed by atoms with Gasteiger partial charge < -0.3 is 14.8 Å². The number of nitro benzene ring substituents is 1. The maximum absolute atomic E-state index is 12.1. The number of hydrogen-bond donors (Lipinski definition) is 1. The lowest BCUT2D eigenvalue weighted by molar-refractivity contribution is -0.383. The van der Waals surface area contributed by atoms with E-state index in [4.69, 9.17) is 9.47 Å². The molecule has 1 amide bonds. The summed E-state index contributed by atoms with van der Waals surface area (Å²) in [5.74, 6) is -0.775. The van der Waals surface area contributed by atoms with Crippen molar-refractivity contribution in [1.29, 1.82) is 0 Å². The lowest BCUT2D eigenvalue weighted by Gasteiger charge is -2.13. The Kier molecular flexibility index (Phi) is 5.67. The molecule has 2 aromatic rings. The number of nitrogens with one attached hydrogen (secondary N) is 1. The number of carbonyl (C=O) groups excluding carboxylic acids is 2. The van der Waals surface area contributed by atoms with Crippen LogP contribution in [0.5, 0.6) is 5.75 Å². The molecule has 25 heavy (non-hydrogen) atoms. The lowest BCUT2D eigenvalue weighted by atomic mass is 10.2. The summed E-state index contributed by atoms with van der Waals surface area (Å²) < 4.78 is 10.1. The average Bonchev–Trinajstić information content (AvgIpc) is 2.61. The molecule has 1 atom stereocenters. The van der Waals surface area contributed by atoms with Gasteiger partial charge in [0, 0.05) is 6.07 Å². The van der Waals surface area contributed by atoms with Crippen LogP contribution in [0.2, 0.25) is 0 Å². The highest BCUT2D eigenvalue weighted by molar-refractivity contribution is 5.98. The van der Waals surface area contributed by atoms with Gasteiger partial charge in [-0.25, -0.2) is 4.79 Å². The van der Waals surface area contributed by atoms with Crippen LogP contribution in [0.25, 0.3) is 0 Å². The quantitative estimate of drug-likeness (QED) is 0.490. The van der Waals surface area contributed by atoms with Gasteiger partial charge in [0.1, 0.15) is 11.4 Å². The third kappa shape index (κ3) is 4.54. The Morgan fingerprint density at radius 2 is 1.76 bits per heavy atom. The van der Waals surface area contributed by atoms with E-state index in [1.807, 2.05) is 0 Å². The third-order valence-corrected chi connectivity index (χ3v) is 3.34. The molecule has 2 rings (SSSR count). The largest absolute Gasteiger partial charge is 0.497 e. The molecule has 1 N–H and O–H groups in total. The van der Waals surface area contributed by atoms with Crippen molar-refractivity contribution < 1.29 is 24.0 Å². The molecule has 0 spiro atoms. The molecule has 130 valence electrons. The zero-order valence-electron chi connectivity index (χ0n) is 13.6. The Labute approximate surface area is 143 Å². The predicted molar refractivity (Wildman–Crippen MR) is 89.6 cm³/mol.